The van der Waals surface area contributed by atoms with Crippen molar-refractivity contribution in [1.29, 1.82) is 0 Å². The van der Waals surface area contributed by atoms with Crippen LogP contribution in [-0.4, -0.2) is 18.1 Å². The van der Waals surface area contributed by atoms with Crippen LogP contribution in [0.2, 0.25) is 0 Å². The summed E-state index contributed by atoms with van der Waals surface area (Å²) in [5.74, 6) is 0. The summed E-state index contributed by atoms with van der Waals surface area (Å²) in [7, 11) is -4.51. The zero-order chi connectivity index (χ0) is 11.8. The second-order valence-corrected chi connectivity index (χ2v) is 5.75. The molecule has 1 aliphatic rings. The van der Waals surface area contributed by atoms with Gasteiger partial charge in [0.25, 0.3) is 10.1 Å². The first kappa shape index (κ1) is 11.6. The van der Waals surface area contributed by atoms with Gasteiger partial charge in [-0.1, -0.05) is 24.3 Å². The summed E-state index contributed by atoms with van der Waals surface area (Å²) in [5, 5.41) is 10.2. The van der Waals surface area contributed by atoms with Crippen molar-refractivity contribution in [2.24, 2.45) is 0 Å². The topological polar surface area (TPSA) is 74.6 Å². The average Bonchev–Trinajstić information content (AvgIpc) is 2.39. The predicted octanol–water partition coefficient (Wildman–Crippen LogP) is 1.45. The Morgan fingerprint density at radius 3 is 2.56 bits per heavy atom. The van der Waals surface area contributed by atoms with Crippen LogP contribution >= 0.6 is 0 Å². The first-order chi connectivity index (χ1) is 7.45. The average molecular weight is 242 g/mol. The van der Waals surface area contributed by atoms with Crippen LogP contribution in [0, 0.1) is 0 Å². The van der Waals surface area contributed by atoms with Gasteiger partial charge in [0.15, 0.2) is 0 Å². The van der Waals surface area contributed by atoms with E-state index < -0.39 is 15.1 Å². The molecule has 0 saturated carbocycles. The molecular formula is C11H14O4S. The summed E-state index contributed by atoms with van der Waals surface area (Å²) in [6.07, 6.45) is 2.16. The SMILES string of the molecule is O=S(=O)(O)C1(O)CCCCc2ccccc21. The third kappa shape index (κ3) is 1.75. The molecular weight excluding hydrogens is 228 g/mol. The van der Waals surface area contributed by atoms with Crippen molar-refractivity contribution in [3.8, 4) is 0 Å². The largest absolute Gasteiger partial charge is 0.369 e. The molecule has 0 fully saturated rings. The monoisotopic (exact) mass is 242 g/mol. The third-order valence-electron chi connectivity index (χ3n) is 3.08. The van der Waals surface area contributed by atoms with Gasteiger partial charge in [-0.2, -0.15) is 8.42 Å². The van der Waals surface area contributed by atoms with Gasteiger partial charge >= 0.3 is 0 Å². The molecule has 0 spiro atoms. The van der Waals surface area contributed by atoms with Crippen molar-refractivity contribution in [2.45, 2.75) is 30.6 Å². The molecule has 2 rings (SSSR count). The van der Waals surface area contributed by atoms with Crippen LogP contribution in [-0.2, 0) is 21.5 Å². The Morgan fingerprint density at radius 1 is 1.19 bits per heavy atom. The fraction of sp³-hybridized carbons (Fsp3) is 0.455. The highest BCUT2D eigenvalue weighted by Crippen LogP contribution is 2.37. The lowest BCUT2D eigenvalue weighted by atomic mass is 10.0. The van der Waals surface area contributed by atoms with Gasteiger partial charge in [-0.25, -0.2) is 0 Å². The summed E-state index contributed by atoms with van der Waals surface area (Å²) in [4.78, 5) is -2.14. The number of aliphatic hydroxyl groups is 1. The number of fused-ring (bicyclic) bond motifs is 1. The van der Waals surface area contributed by atoms with Gasteiger partial charge < -0.3 is 5.11 Å². The molecule has 0 heterocycles. The number of hydrogen-bond acceptors (Lipinski definition) is 3. The van der Waals surface area contributed by atoms with E-state index in [1.807, 2.05) is 0 Å². The van der Waals surface area contributed by atoms with E-state index in [-0.39, 0.29) is 6.42 Å². The molecule has 88 valence electrons. The molecule has 1 unspecified atom stereocenters. The second-order valence-electron chi connectivity index (χ2n) is 4.12. The number of benzene rings is 1. The lowest BCUT2D eigenvalue weighted by Crippen LogP contribution is -2.35. The second kappa shape index (κ2) is 3.84. The van der Waals surface area contributed by atoms with Crippen molar-refractivity contribution >= 4 is 10.1 Å². The molecule has 0 bridgehead atoms. The van der Waals surface area contributed by atoms with Crippen molar-refractivity contribution in [3.63, 3.8) is 0 Å². The lowest BCUT2D eigenvalue weighted by molar-refractivity contribution is 0.102. The van der Waals surface area contributed by atoms with E-state index in [9.17, 15) is 18.1 Å². The Bertz CT molecular complexity index is 494. The van der Waals surface area contributed by atoms with Gasteiger partial charge in [0.2, 0.25) is 4.93 Å². The third-order valence-corrected chi connectivity index (χ3v) is 4.35. The van der Waals surface area contributed by atoms with Crippen LogP contribution < -0.4 is 0 Å². The van der Waals surface area contributed by atoms with Crippen LogP contribution in [0.4, 0.5) is 0 Å². The molecule has 0 amide bonds. The maximum atomic E-state index is 11.3. The molecule has 4 nitrogen and oxygen atoms in total. The molecule has 16 heavy (non-hydrogen) atoms. The van der Waals surface area contributed by atoms with E-state index in [1.165, 1.54) is 0 Å². The maximum Gasteiger partial charge on any atom is 0.299 e. The number of rotatable bonds is 1. The van der Waals surface area contributed by atoms with Crippen LogP contribution in [0.25, 0.3) is 0 Å². The van der Waals surface area contributed by atoms with Crippen LogP contribution in [0.15, 0.2) is 24.3 Å². The number of hydrogen-bond donors (Lipinski definition) is 2. The molecule has 0 aliphatic heterocycles. The van der Waals surface area contributed by atoms with Gasteiger partial charge in [0, 0.05) is 5.56 Å². The molecule has 0 aromatic heterocycles. The normalized spacial score (nSPS) is 25.9. The molecule has 1 aliphatic carbocycles. The summed E-state index contributed by atoms with van der Waals surface area (Å²) < 4.78 is 31.9. The zero-order valence-electron chi connectivity index (χ0n) is 8.76. The van der Waals surface area contributed by atoms with Crippen LogP contribution in [0.3, 0.4) is 0 Å². The minimum absolute atomic E-state index is 0.0445. The van der Waals surface area contributed by atoms with Gasteiger partial charge in [-0.15, -0.1) is 0 Å². The molecule has 1 aromatic carbocycles. The maximum absolute atomic E-state index is 11.3. The highest BCUT2D eigenvalue weighted by atomic mass is 32.2. The van der Waals surface area contributed by atoms with Gasteiger partial charge in [0.1, 0.15) is 0 Å². The molecule has 1 aromatic rings. The highest BCUT2D eigenvalue weighted by molar-refractivity contribution is 7.86. The summed E-state index contributed by atoms with van der Waals surface area (Å²) >= 11 is 0. The van der Waals surface area contributed by atoms with Crippen LogP contribution in [0.5, 0.6) is 0 Å². The fourth-order valence-electron chi connectivity index (χ4n) is 2.20. The quantitative estimate of drug-likeness (QED) is 0.577. The summed E-state index contributed by atoms with van der Waals surface area (Å²) in [5.41, 5.74) is 1.11. The van der Waals surface area contributed by atoms with Gasteiger partial charge in [-0.05, 0) is 31.2 Å². The molecule has 5 heteroatoms. The van der Waals surface area contributed by atoms with E-state index in [1.54, 1.807) is 24.3 Å². The Kier molecular flexibility index (Phi) is 2.77. The minimum atomic E-state index is -4.51. The van der Waals surface area contributed by atoms with Crippen molar-refractivity contribution < 1.29 is 18.1 Å². The van der Waals surface area contributed by atoms with E-state index in [2.05, 4.69) is 0 Å². The molecule has 2 N–H and O–H groups in total. The molecule has 0 saturated heterocycles. The zero-order valence-corrected chi connectivity index (χ0v) is 9.57. The first-order valence-electron chi connectivity index (χ1n) is 5.23. The fourth-order valence-corrected chi connectivity index (χ4v) is 3.08. The smallest absolute Gasteiger partial charge is 0.299 e. The Hall–Kier alpha value is -0.910. The van der Waals surface area contributed by atoms with Crippen LogP contribution in [0.1, 0.15) is 30.4 Å². The number of aryl methyl sites for hydroxylation is 1. The van der Waals surface area contributed by atoms with E-state index >= 15 is 0 Å². The van der Waals surface area contributed by atoms with E-state index in [4.69, 9.17) is 0 Å². The molecule has 0 radical (unpaired) electrons. The summed E-state index contributed by atoms with van der Waals surface area (Å²) in [6.45, 7) is 0. The first-order valence-corrected chi connectivity index (χ1v) is 6.67. The van der Waals surface area contributed by atoms with E-state index in [0.717, 1.165) is 18.4 Å². The standard InChI is InChI=1S/C11H14O4S/c12-11(16(13,14)15)8-4-3-6-9-5-1-2-7-10(9)11/h1-2,5,7,12H,3-4,6,8H2,(H,13,14,15). The lowest BCUT2D eigenvalue weighted by Gasteiger charge is -2.25. The van der Waals surface area contributed by atoms with Crippen molar-refractivity contribution in [2.75, 3.05) is 0 Å². The van der Waals surface area contributed by atoms with Crippen molar-refractivity contribution in [1.82, 2.24) is 0 Å². The van der Waals surface area contributed by atoms with E-state index in [0.29, 0.717) is 12.0 Å². The summed E-state index contributed by atoms with van der Waals surface area (Å²) in [6, 6.07) is 6.82. The van der Waals surface area contributed by atoms with Crippen molar-refractivity contribution in [3.05, 3.63) is 35.4 Å². The minimum Gasteiger partial charge on any atom is -0.369 e. The Morgan fingerprint density at radius 2 is 1.88 bits per heavy atom. The molecule has 1 atom stereocenters. The Labute approximate surface area is 94.7 Å². The van der Waals surface area contributed by atoms with Gasteiger partial charge in [0.05, 0.1) is 0 Å². The Balaban J connectivity index is 2.65. The highest BCUT2D eigenvalue weighted by Gasteiger charge is 2.44. The van der Waals surface area contributed by atoms with Gasteiger partial charge in [-0.3, -0.25) is 4.55 Å². The predicted molar refractivity (Wildman–Crippen MR) is 59.4 cm³/mol.